The fourth-order valence-electron chi connectivity index (χ4n) is 2.64. The van der Waals surface area contributed by atoms with Gasteiger partial charge in [-0.25, -0.2) is 0 Å². The molecule has 1 aliphatic rings. The van der Waals surface area contributed by atoms with E-state index in [4.69, 9.17) is 4.74 Å². The van der Waals surface area contributed by atoms with E-state index in [0.717, 1.165) is 13.1 Å². The van der Waals surface area contributed by atoms with Crippen molar-refractivity contribution in [2.24, 2.45) is 0 Å². The summed E-state index contributed by atoms with van der Waals surface area (Å²) in [6.45, 7) is 8.39. The van der Waals surface area contributed by atoms with Crippen LogP contribution in [0.4, 0.5) is 0 Å². The van der Waals surface area contributed by atoms with Gasteiger partial charge in [-0.1, -0.05) is 0 Å². The van der Waals surface area contributed by atoms with Crippen LogP contribution in [-0.2, 0) is 4.74 Å². The molecule has 0 aliphatic carbocycles. The van der Waals surface area contributed by atoms with Gasteiger partial charge in [0.25, 0.3) is 11.5 Å². The number of ether oxygens (including phenoxy) is 1. The molecule has 1 saturated heterocycles. The molecule has 0 aromatic carbocycles. The molecule has 2 heterocycles. The number of pyridine rings is 1. The molecule has 116 valence electrons. The number of aromatic amines is 1. The molecule has 1 aromatic rings. The van der Waals surface area contributed by atoms with Gasteiger partial charge < -0.3 is 15.0 Å². The van der Waals surface area contributed by atoms with E-state index in [1.54, 1.807) is 6.07 Å². The highest BCUT2D eigenvalue weighted by Crippen LogP contribution is 2.13. The third kappa shape index (κ3) is 4.15. The Morgan fingerprint density at radius 3 is 2.76 bits per heavy atom. The van der Waals surface area contributed by atoms with Gasteiger partial charge in [0, 0.05) is 31.9 Å². The fraction of sp³-hybridized carbons (Fsp3) is 0.600. The molecule has 6 nitrogen and oxygen atoms in total. The predicted octanol–water partition coefficient (Wildman–Crippen LogP) is 0.602. The lowest BCUT2D eigenvalue weighted by atomic mass is 10.1. The number of nitrogens with zero attached hydrogens (tertiary/aromatic N) is 1. The van der Waals surface area contributed by atoms with E-state index in [1.807, 2.05) is 0 Å². The lowest BCUT2D eigenvalue weighted by Gasteiger charge is -2.38. The molecular formula is C15H23N3O3. The lowest BCUT2D eigenvalue weighted by molar-refractivity contribution is -0.0778. The molecule has 1 amide bonds. The number of carbonyl (C=O) groups excluding carboxylic acids is 1. The van der Waals surface area contributed by atoms with E-state index in [1.165, 1.54) is 12.3 Å². The number of nitrogens with one attached hydrogen (secondary N) is 2. The van der Waals surface area contributed by atoms with Gasteiger partial charge in [-0.3, -0.25) is 14.5 Å². The summed E-state index contributed by atoms with van der Waals surface area (Å²) in [5.74, 6) is -0.335. The van der Waals surface area contributed by atoms with Crippen LogP contribution >= 0.6 is 0 Å². The Kier molecular flexibility index (Phi) is 5.14. The number of aromatic nitrogens is 1. The molecule has 1 aromatic heterocycles. The van der Waals surface area contributed by atoms with Gasteiger partial charge in [-0.05, 0) is 32.9 Å². The predicted molar refractivity (Wildman–Crippen MR) is 80.4 cm³/mol. The molecule has 0 spiro atoms. The van der Waals surface area contributed by atoms with Crippen molar-refractivity contribution in [3.05, 3.63) is 34.2 Å². The van der Waals surface area contributed by atoms with Crippen molar-refractivity contribution in [3.63, 3.8) is 0 Å². The van der Waals surface area contributed by atoms with Crippen LogP contribution in [0.15, 0.2) is 23.1 Å². The minimum atomic E-state index is -0.365. The first-order valence-electron chi connectivity index (χ1n) is 7.32. The maximum absolute atomic E-state index is 12.0. The zero-order valence-electron chi connectivity index (χ0n) is 12.8. The molecule has 2 N–H and O–H groups in total. The standard InChI is InChI=1S/C15H23N3O3/c1-10(18-8-11(2)21-12(3)9-18)7-17-15(20)13-5-4-6-16-14(13)19/h4-6,10-12H,7-9H2,1-3H3,(H,16,19)(H,17,20)/t10-,11+,12+/m0/s1. The first-order valence-corrected chi connectivity index (χ1v) is 7.32. The Balaban J connectivity index is 1.89. The van der Waals surface area contributed by atoms with Crippen molar-refractivity contribution in [2.45, 2.75) is 39.0 Å². The molecule has 2 rings (SSSR count). The van der Waals surface area contributed by atoms with Gasteiger partial charge in [0.05, 0.1) is 12.2 Å². The third-order valence-electron chi connectivity index (χ3n) is 3.69. The Bertz CT molecular complexity index is 533. The molecular weight excluding hydrogens is 270 g/mol. The zero-order valence-corrected chi connectivity index (χ0v) is 12.8. The number of amides is 1. The molecule has 21 heavy (non-hydrogen) atoms. The minimum absolute atomic E-state index is 0.147. The summed E-state index contributed by atoms with van der Waals surface area (Å²) >= 11 is 0. The van der Waals surface area contributed by atoms with Gasteiger partial charge in [0.15, 0.2) is 0 Å². The Labute approximate surface area is 124 Å². The first kappa shape index (κ1) is 15.7. The number of hydrogen-bond acceptors (Lipinski definition) is 4. The fourth-order valence-corrected chi connectivity index (χ4v) is 2.64. The van der Waals surface area contributed by atoms with Crippen molar-refractivity contribution in [1.29, 1.82) is 0 Å². The Morgan fingerprint density at radius 1 is 1.48 bits per heavy atom. The molecule has 0 saturated carbocycles. The minimum Gasteiger partial charge on any atom is -0.373 e. The van der Waals surface area contributed by atoms with Crippen LogP contribution < -0.4 is 10.9 Å². The van der Waals surface area contributed by atoms with Crippen molar-refractivity contribution < 1.29 is 9.53 Å². The summed E-state index contributed by atoms with van der Waals surface area (Å²) in [5.41, 5.74) is -0.218. The Morgan fingerprint density at radius 2 is 2.14 bits per heavy atom. The molecule has 6 heteroatoms. The first-order chi connectivity index (χ1) is 9.97. The molecule has 0 unspecified atom stereocenters. The average molecular weight is 293 g/mol. The summed E-state index contributed by atoms with van der Waals surface area (Å²) in [7, 11) is 0. The van der Waals surface area contributed by atoms with Crippen LogP contribution in [0.25, 0.3) is 0 Å². The molecule has 1 aliphatic heterocycles. The molecule has 0 bridgehead atoms. The van der Waals surface area contributed by atoms with E-state index >= 15 is 0 Å². The van der Waals surface area contributed by atoms with Crippen LogP contribution in [0, 0.1) is 0 Å². The van der Waals surface area contributed by atoms with Crippen molar-refractivity contribution in [1.82, 2.24) is 15.2 Å². The van der Waals surface area contributed by atoms with Gasteiger partial charge in [-0.2, -0.15) is 0 Å². The number of morpholine rings is 1. The van der Waals surface area contributed by atoms with Crippen LogP contribution in [0.3, 0.4) is 0 Å². The van der Waals surface area contributed by atoms with E-state index < -0.39 is 0 Å². The van der Waals surface area contributed by atoms with E-state index in [9.17, 15) is 9.59 Å². The van der Waals surface area contributed by atoms with Crippen LogP contribution in [0.5, 0.6) is 0 Å². The smallest absolute Gasteiger partial charge is 0.260 e. The topological polar surface area (TPSA) is 74.4 Å². The van der Waals surface area contributed by atoms with Crippen LogP contribution in [0.2, 0.25) is 0 Å². The van der Waals surface area contributed by atoms with Crippen LogP contribution in [-0.4, -0.2) is 53.7 Å². The highest BCUT2D eigenvalue weighted by molar-refractivity contribution is 5.93. The summed E-state index contributed by atoms with van der Waals surface area (Å²) in [6, 6.07) is 3.37. The molecule has 1 fully saturated rings. The van der Waals surface area contributed by atoms with E-state index in [0.29, 0.717) is 6.54 Å². The zero-order chi connectivity index (χ0) is 15.4. The average Bonchev–Trinajstić information content (AvgIpc) is 2.43. The summed E-state index contributed by atoms with van der Waals surface area (Å²) in [4.78, 5) is 28.4. The third-order valence-corrected chi connectivity index (χ3v) is 3.69. The van der Waals surface area contributed by atoms with Gasteiger partial charge in [-0.15, -0.1) is 0 Å². The quantitative estimate of drug-likeness (QED) is 0.852. The summed E-state index contributed by atoms with van der Waals surface area (Å²) in [5, 5.41) is 2.83. The highest BCUT2D eigenvalue weighted by atomic mass is 16.5. The Hall–Kier alpha value is -1.66. The molecule has 3 atom stereocenters. The number of hydrogen-bond donors (Lipinski definition) is 2. The number of rotatable bonds is 4. The monoisotopic (exact) mass is 293 g/mol. The number of carbonyl (C=O) groups is 1. The number of H-pyrrole nitrogens is 1. The lowest BCUT2D eigenvalue weighted by Crippen LogP contribution is -2.52. The molecule has 0 radical (unpaired) electrons. The maximum Gasteiger partial charge on any atom is 0.260 e. The summed E-state index contributed by atoms with van der Waals surface area (Å²) in [6.07, 6.45) is 1.91. The van der Waals surface area contributed by atoms with Gasteiger partial charge in [0.2, 0.25) is 0 Å². The summed E-state index contributed by atoms with van der Waals surface area (Å²) < 4.78 is 5.70. The van der Waals surface area contributed by atoms with Crippen molar-refractivity contribution in [2.75, 3.05) is 19.6 Å². The largest absolute Gasteiger partial charge is 0.373 e. The van der Waals surface area contributed by atoms with Crippen molar-refractivity contribution in [3.8, 4) is 0 Å². The SMILES string of the molecule is C[C@@H]1CN([C@@H](C)CNC(=O)c2ccc[nH]c2=O)C[C@@H](C)O1. The second-order valence-electron chi connectivity index (χ2n) is 5.68. The second-order valence-corrected chi connectivity index (χ2v) is 5.68. The highest BCUT2D eigenvalue weighted by Gasteiger charge is 2.25. The van der Waals surface area contributed by atoms with E-state index in [2.05, 4.69) is 36.0 Å². The van der Waals surface area contributed by atoms with Crippen molar-refractivity contribution >= 4 is 5.91 Å². The second kappa shape index (κ2) is 6.87. The van der Waals surface area contributed by atoms with Gasteiger partial charge in [0.1, 0.15) is 5.56 Å². The van der Waals surface area contributed by atoms with Gasteiger partial charge >= 0.3 is 0 Å². The van der Waals surface area contributed by atoms with Crippen LogP contribution in [0.1, 0.15) is 31.1 Å². The maximum atomic E-state index is 12.0. The normalized spacial score (nSPS) is 24.5. The van der Waals surface area contributed by atoms with E-state index in [-0.39, 0.29) is 35.3 Å².